The monoisotopic (exact) mass is 186 g/mol. The molecule has 0 aliphatic rings. The van der Waals surface area contributed by atoms with Crippen molar-refractivity contribution < 1.29 is 16.1 Å². The van der Waals surface area contributed by atoms with Crippen LogP contribution in [-0.2, 0) is 9.59 Å². The van der Waals surface area contributed by atoms with E-state index in [1.165, 1.54) is 0 Å². The normalized spacial score (nSPS) is 16.3. The lowest BCUT2D eigenvalue weighted by atomic mass is 9.99. The van der Waals surface area contributed by atoms with Crippen molar-refractivity contribution in [3.63, 3.8) is 0 Å². The number of hydrogen-bond acceptors (Lipinski definition) is 2. The first-order valence-corrected chi connectivity index (χ1v) is 4.11. The van der Waals surface area contributed by atoms with Crippen LogP contribution in [0.25, 0.3) is 0 Å². The van der Waals surface area contributed by atoms with Crippen molar-refractivity contribution in [2.24, 2.45) is 5.92 Å². The molecule has 0 saturated heterocycles. The molecule has 0 heterocycles. The van der Waals surface area contributed by atoms with Gasteiger partial charge in [-0.3, -0.25) is 4.79 Å². The summed E-state index contributed by atoms with van der Waals surface area (Å²) in [5, 5.41) is 11.1. The van der Waals surface area contributed by atoms with Gasteiger partial charge in [0.2, 0.25) is 5.91 Å². The predicted octanol–water partition coefficient (Wildman–Crippen LogP) is 0.788. The first-order chi connectivity index (χ1) is 6.52. The third-order valence-electron chi connectivity index (χ3n) is 1.93. The number of carbonyl (C=O) groups excluding carboxylic acids is 1. The fraction of sp³-hybridized carbons (Fsp3) is 0.556. The first kappa shape index (κ1) is 9.77. The van der Waals surface area contributed by atoms with Gasteiger partial charge in [0.1, 0.15) is 6.04 Å². The van der Waals surface area contributed by atoms with Crippen molar-refractivity contribution in [2.75, 3.05) is 0 Å². The van der Waals surface area contributed by atoms with Gasteiger partial charge in [0.25, 0.3) is 0 Å². The van der Waals surface area contributed by atoms with E-state index >= 15 is 0 Å². The molecule has 0 aromatic heterocycles. The molecule has 0 spiro atoms. The standard InChI is InChI=1S/C9H15NO3/c1-4-6(3)8(9(12)13)10-7(11)5-2/h5-6,8H,2,4H2,1,3H3,(H,10,11)(H,12,13)/t6-,8-/m0/s1/i2D. The Morgan fingerprint density at radius 1 is 1.77 bits per heavy atom. The third kappa shape index (κ3) is 3.73. The molecule has 0 radical (unpaired) electrons. The van der Waals surface area contributed by atoms with E-state index in [1.807, 2.05) is 6.92 Å². The Balaban J connectivity index is 4.38. The molecule has 0 aliphatic heterocycles. The average molecular weight is 186 g/mol. The lowest BCUT2D eigenvalue weighted by Gasteiger charge is -2.18. The number of rotatable bonds is 5. The average Bonchev–Trinajstić information content (AvgIpc) is 2.13. The van der Waals surface area contributed by atoms with E-state index in [4.69, 9.17) is 6.48 Å². The molecule has 0 rings (SSSR count). The van der Waals surface area contributed by atoms with E-state index in [-0.39, 0.29) is 5.92 Å². The molecule has 0 aromatic rings. The molecule has 0 aromatic carbocycles. The van der Waals surface area contributed by atoms with Crippen LogP contribution < -0.4 is 5.32 Å². The van der Waals surface area contributed by atoms with Gasteiger partial charge in [0, 0.05) is 0 Å². The highest BCUT2D eigenvalue weighted by Gasteiger charge is 2.24. The molecule has 0 saturated carbocycles. The number of nitrogens with one attached hydrogen (secondary N) is 1. The summed E-state index contributed by atoms with van der Waals surface area (Å²) in [4.78, 5) is 21.8. The SMILES string of the molecule is [2H]C=CC(=O)N[C@H](C(=O)O)[C@@H](C)CC. The van der Waals surface area contributed by atoms with Crippen molar-refractivity contribution in [1.82, 2.24) is 5.32 Å². The minimum Gasteiger partial charge on any atom is -0.480 e. The topological polar surface area (TPSA) is 66.4 Å². The van der Waals surface area contributed by atoms with Crippen molar-refractivity contribution in [2.45, 2.75) is 26.3 Å². The Morgan fingerprint density at radius 3 is 2.77 bits per heavy atom. The molecule has 1 amide bonds. The molecule has 4 nitrogen and oxygen atoms in total. The highest BCUT2D eigenvalue weighted by atomic mass is 16.4. The van der Waals surface area contributed by atoms with Gasteiger partial charge in [-0.05, 0) is 12.0 Å². The minimum atomic E-state index is -1.05. The van der Waals surface area contributed by atoms with E-state index in [9.17, 15) is 9.59 Å². The lowest BCUT2D eigenvalue weighted by Crippen LogP contribution is -2.44. The molecule has 0 bridgehead atoms. The molecular formula is C9H15NO3. The first-order valence-electron chi connectivity index (χ1n) is 4.68. The fourth-order valence-corrected chi connectivity index (χ4v) is 0.884. The van der Waals surface area contributed by atoms with Crippen molar-refractivity contribution in [1.29, 1.82) is 0 Å². The van der Waals surface area contributed by atoms with Gasteiger partial charge < -0.3 is 10.4 Å². The number of aliphatic carboxylic acids is 1. The van der Waals surface area contributed by atoms with Crippen LogP contribution in [0.2, 0.25) is 0 Å². The van der Waals surface area contributed by atoms with Crippen LogP contribution in [0.3, 0.4) is 0 Å². The molecule has 13 heavy (non-hydrogen) atoms. The maximum absolute atomic E-state index is 11.0. The largest absolute Gasteiger partial charge is 0.480 e. The van der Waals surface area contributed by atoms with Crippen LogP contribution in [0.5, 0.6) is 0 Å². The second-order valence-electron chi connectivity index (χ2n) is 2.88. The number of carbonyl (C=O) groups is 2. The van der Waals surface area contributed by atoms with Crippen molar-refractivity contribution in [3.8, 4) is 0 Å². The molecule has 0 aliphatic carbocycles. The van der Waals surface area contributed by atoms with Crippen LogP contribution in [0.4, 0.5) is 0 Å². The summed E-state index contributed by atoms with van der Waals surface area (Å²) in [7, 11) is 0. The van der Waals surface area contributed by atoms with Gasteiger partial charge in [0.05, 0.1) is 1.37 Å². The Hall–Kier alpha value is -1.32. The summed E-state index contributed by atoms with van der Waals surface area (Å²) in [6.45, 7) is 4.43. The highest BCUT2D eigenvalue weighted by molar-refractivity contribution is 5.90. The smallest absolute Gasteiger partial charge is 0.326 e. The molecule has 0 unspecified atom stereocenters. The number of carboxylic acid groups (broad SMARTS) is 1. The van der Waals surface area contributed by atoms with Crippen LogP contribution >= 0.6 is 0 Å². The highest BCUT2D eigenvalue weighted by Crippen LogP contribution is 2.07. The maximum Gasteiger partial charge on any atom is 0.326 e. The predicted molar refractivity (Wildman–Crippen MR) is 49.2 cm³/mol. The Morgan fingerprint density at radius 2 is 2.38 bits per heavy atom. The van der Waals surface area contributed by atoms with E-state index in [2.05, 4.69) is 5.32 Å². The van der Waals surface area contributed by atoms with Gasteiger partial charge in [-0.15, -0.1) is 0 Å². The summed E-state index contributed by atoms with van der Waals surface area (Å²) < 4.78 is 6.65. The zero-order valence-corrected chi connectivity index (χ0v) is 7.78. The van der Waals surface area contributed by atoms with Gasteiger partial charge >= 0.3 is 5.97 Å². The van der Waals surface area contributed by atoms with Crippen LogP contribution in [-0.4, -0.2) is 23.0 Å². The second kappa shape index (κ2) is 5.35. The van der Waals surface area contributed by atoms with E-state index in [0.29, 0.717) is 6.42 Å². The van der Waals surface area contributed by atoms with Gasteiger partial charge in [0.15, 0.2) is 0 Å². The van der Waals surface area contributed by atoms with E-state index in [1.54, 1.807) is 6.92 Å². The summed E-state index contributed by atoms with van der Waals surface area (Å²) >= 11 is 0. The van der Waals surface area contributed by atoms with Gasteiger partial charge in [-0.25, -0.2) is 4.79 Å². The maximum atomic E-state index is 11.0. The zero-order valence-electron chi connectivity index (χ0n) is 8.78. The van der Waals surface area contributed by atoms with Gasteiger partial charge in [-0.1, -0.05) is 26.8 Å². The van der Waals surface area contributed by atoms with Crippen molar-refractivity contribution in [3.05, 3.63) is 12.6 Å². The number of amides is 1. The van der Waals surface area contributed by atoms with Gasteiger partial charge in [-0.2, -0.15) is 0 Å². The fourth-order valence-electron chi connectivity index (χ4n) is 0.884. The van der Waals surface area contributed by atoms with Crippen LogP contribution in [0.1, 0.15) is 21.6 Å². The summed E-state index contributed by atoms with van der Waals surface area (Å²) in [6, 6.07) is -0.885. The van der Waals surface area contributed by atoms with Crippen molar-refractivity contribution >= 4 is 11.9 Å². The van der Waals surface area contributed by atoms with E-state index in [0.717, 1.165) is 12.6 Å². The second-order valence-corrected chi connectivity index (χ2v) is 2.88. The van der Waals surface area contributed by atoms with Crippen LogP contribution in [0.15, 0.2) is 12.6 Å². The zero-order chi connectivity index (χ0) is 11.1. The third-order valence-corrected chi connectivity index (χ3v) is 1.93. The Bertz CT molecular complexity index is 240. The number of hydrogen-bond donors (Lipinski definition) is 2. The number of carboxylic acids is 1. The quantitative estimate of drug-likeness (QED) is 0.624. The molecule has 74 valence electrons. The Kier molecular flexibility index (Phi) is 4.02. The molecule has 0 fully saturated rings. The minimum absolute atomic E-state index is 0.129. The van der Waals surface area contributed by atoms with E-state index < -0.39 is 17.9 Å². The molecule has 4 heteroatoms. The summed E-state index contributed by atoms with van der Waals surface area (Å²) in [5.41, 5.74) is 0. The lowest BCUT2D eigenvalue weighted by molar-refractivity contribution is -0.142. The summed E-state index contributed by atoms with van der Waals surface area (Å²) in [5.74, 6) is -1.73. The molecule has 2 atom stereocenters. The van der Waals surface area contributed by atoms with Crippen LogP contribution in [0, 0.1) is 5.92 Å². The molecule has 2 N–H and O–H groups in total. The molecular weight excluding hydrogens is 170 g/mol. The summed E-state index contributed by atoms with van der Waals surface area (Å²) in [6.07, 6.45) is 1.65. The Labute approximate surface area is 79.0 Å².